The molecule has 2 nitrogen and oxygen atoms in total. The summed E-state index contributed by atoms with van der Waals surface area (Å²) >= 11 is 0. The van der Waals surface area contributed by atoms with Crippen LogP contribution in [0.5, 0.6) is 0 Å². The maximum Gasteiger partial charge on any atom is 0.210 e. The molecule has 0 fully saturated rings. The van der Waals surface area contributed by atoms with Gasteiger partial charge >= 0.3 is 0 Å². The predicted octanol–water partition coefficient (Wildman–Crippen LogP) is 9.09. The minimum atomic E-state index is -0.152. The van der Waals surface area contributed by atoms with Crippen molar-refractivity contribution >= 4 is 38.6 Å². The Kier molecular flexibility index (Phi) is 5.80. The van der Waals surface area contributed by atoms with E-state index in [0.717, 1.165) is 6.42 Å². The van der Waals surface area contributed by atoms with E-state index in [-0.39, 0.29) is 10.8 Å². The molecule has 0 aliphatic carbocycles. The first-order chi connectivity index (χ1) is 19.8. The van der Waals surface area contributed by atoms with E-state index in [0.29, 0.717) is 0 Å². The summed E-state index contributed by atoms with van der Waals surface area (Å²) in [6.45, 7) is 7.13. The van der Waals surface area contributed by atoms with E-state index in [1.165, 1.54) is 61.0 Å². The minimum absolute atomic E-state index is 0.103. The fraction of sp³-hybridized carbons (Fsp3) is 0.205. The summed E-state index contributed by atoms with van der Waals surface area (Å²) in [5.74, 6) is 0. The summed E-state index contributed by atoms with van der Waals surface area (Å²) in [7, 11) is 4.44. The number of hydrogen-bond donors (Lipinski definition) is 0. The fourth-order valence-electron chi connectivity index (χ4n) is 7.60. The fourth-order valence-corrected chi connectivity index (χ4v) is 7.60. The van der Waals surface area contributed by atoms with Crippen molar-refractivity contribution in [3.05, 3.63) is 144 Å². The highest BCUT2D eigenvalue weighted by molar-refractivity contribution is 6.07. The summed E-state index contributed by atoms with van der Waals surface area (Å²) < 4.78 is 2.38. The van der Waals surface area contributed by atoms with Crippen LogP contribution in [0, 0.1) is 0 Å². The Balaban J connectivity index is 1.34. The first-order valence-corrected chi connectivity index (χ1v) is 14.6. The van der Waals surface area contributed by atoms with Crippen LogP contribution in [0.2, 0.25) is 0 Å². The lowest BCUT2D eigenvalue weighted by molar-refractivity contribution is -0.401. The molecule has 1 unspecified atom stereocenters. The number of nitrogens with zero attached hydrogens (tertiary/aromatic N) is 2. The van der Waals surface area contributed by atoms with Gasteiger partial charge in [-0.2, -0.15) is 4.58 Å². The molecule has 7 rings (SSSR count). The quantitative estimate of drug-likeness (QED) is 0.209. The van der Waals surface area contributed by atoms with Crippen LogP contribution in [0.15, 0.2) is 127 Å². The van der Waals surface area contributed by atoms with E-state index in [9.17, 15) is 0 Å². The Bertz CT molecular complexity index is 1920. The molecule has 0 radical (unpaired) electrons. The van der Waals surface area contributed by atoms with Crippen molar-refractivity contribution in [1.29, 1.82) is 0 Å². The molecule has 2 aliphatic heterocycles. The molecule has 0 spiro atoms. The lowest BCUT2D eigenvalue weighted by atomic mass is 9.76. The van der Waals surface area contributed by atoms with Gasteiger partial charge < -0.3 is 4.90 Å². The zero-order valence-corrected chi connectivity index (χ0v) is 24.6. The summed E-state index contributed by atoms with van der Waals surface area (Å²) in [6.07, 6.45) is 7.92. The van der Waals surface area contributed by atoms with Crippen molar-refractivity contribution in [2.24, 2.45) is 0 Å². The number of allylic oxidation sites excluding steroid dienone is 4. The third-order valence-corrected chi connectivity index (χ3v) is 9.56. The Morgan fingerprint density at radius 2 is 1.37 bits per heavy atom. The smallest absolute Gasteiger partial charge is 0.210 e. The lowest BCUT2D eigenvalue weighted by Gasteiger charge is -2.29. The second kappa shape index (κ2) is 9.31. The third-order valence-electron chi connectivity index (χ3n) is 9.56. The highest BCUT2D eigenvalue weighted by Gasteiger charge is 2.45. The number of fused-ring (bicyclic) bond motifs is 6. The molecular weight excluding hydrogens is 496 g/mol. The van der Waals surface area contributed by atoms with Gasteiger partial charge in [-0.15, -0.1) is 0 Å². The lowest BCUT2D eigenvalue weighted by Crippen LogP contribution is -2.29. The van der Waals surface area contributed by atoms with Crippen molar-refractivity contribution in [3.63, 3.8) is 0 Å². The van der Waals surface area contributed by atoms with E-state index in [1.54, 1.807) is 0 Å². The van der Waals surface area contributed by atoms with Crippen LogP contribution in [0.4, 0.5) is 11.4 Å². The van der Waals surface area contributed by atoms with Gasteiger partial charge in [0, 0.05) is 41.3 Å². The average molecular weight is 534 g/mol. The Hall–Kier alpha value is -4.43. The molecule has 0 saturated carbocycles. The molecule has 5 aromatic carbocycles. The largest absolute Gasteiger partial charge is 0.347 e. The van der Waals surface area contributed by atoms with Gasteiger partial charge in [-0.3, -0.25) is 0 Å². The number of anilines is 1. The molecule has 2 heterocycles. The Labute approximate surface area is 243 Å². The summed E-state index contributed by atoms with van der Waals surface area (Å²) in [6, 6.07) is 37.6. The first-order valence-electron chi connectivity index (χ1n) is 14.6. The number of benzene rings is 5. The molecule has 41 heavy (non-hydrogen) atoms. The minimum Gasteiger partial charge on any atom is -0.347 e. The van der Waals surface area contributed by atoms with E-state index in [1.807, 2.05) is 0 Å². The summed E-state index contributed by atoms with van der Waals surface area (Å²) in [5.41, 5.74) is 9.17. The van der Waals surface area contributed by atoms with Crippen LogP contribution >= 0.6 is 0 Å². The molecule has 202 valence electrons. The molecule has 1 atom stereocenters. The van der Waals surface area contributed by atoms with Crippen LogP contribution in [0.3, 0.4) is 0 Å². The van der Waals surface area contributed by atoms with Gasteiger partial charge in [-0.1, -0.05) is 97.1 Å². The molecule has 2 aliphatic rings. The normalized spacial score (nSPS) is 20.5. The molecule has 0 amide bonds. The van der Waals surface area contributed by atoms with Crippen molar-refractivity contribution in [1.82, 2.24) is 0 Å². The van der Waals surface area contributed by atoms with Gasteiger partial charge in [-0.05, 0) is 66.6 Å². The van der Waals surface area contributed by atoms with Crippen molar-refractivity contribution in [2.45, 2.75) is 38.0 Å². The zero-order chi connectivity index (χ0) is 28.4. The summed E-state index contributed by atoms with van der Waals surface area (Å²) in [4.78, 5) is 2.43. The van der Waals surface area contributed by atoms with Gasteiger partial charge in [0.25, 0.3) is 0 Å². The summed E-state index contributed by atoms with van der Waals surface area (Å²) in [5, 5.41) is 5.24. The highest BCUT2D eigenvalue weighted by atomic mass is 15.2. The number of hydrogen-bond acceptors (Lipinski definition) is 1. The van der Waals surface area contributed by atoms with Crippen LogP contribution in [-0.4, -0.2) is 24.4 Å². The standard InChI is InChI=1S/C39H37N2/c1-38(2)34(40(4)33-25-23-28-16-9-11-18-30(28)36(33)38)20-13-21-35-39(3,26-27-14-7-6-8-15-27)32-24-22-29-17-10-12-19-31(29)37(32)41(35)5/h6-25H,26H2,1-5H3/q+1. The third kappa shape index (κ3) is 3.81. The van der Waals surface area contributed by atoms with Gasteiger partial charge in [0.2, 0.25) is 5.69 Å². The maximum atomic E-state index is 2.43. The number of likely N-dealkylation sites (N-methyl/N-ethyl adjacent to an activating group) is 1. The molecule has 0 aromatic heterocycles. The number of rotatable bonds is 4. The monoisotopic (exact) mass is 533 g/mol. The first kappa shape index (κ1) is 25.5. The van der Waals surface area contributed by atoms with E-state index in [2.05, 4.69) is 166 Å². The Morgan fingerprint density at radius 3 is 2.12 bits per heavy atom. The second-order valence-corrected chi connectivity index (χ2v) is 12.4. The SMILES string of the molecule is CN1C(=CC=CC2=[N+](C)c3ccc4ccccc4c3C2(C)C)C(C)(Cc2ccccc2)c2ccc3ccccc3c21. The van der Waals surface area contributed by atoms with Gasteiger partial charge in [0.05, 0.1) is 11.1 Å². The van der Waals surface area contributed by atoms with Crippen LogP contribution in [0.1, 0.15) is 37.5 Å². The topological polar surface area (TPSA) is 6.25 Å². The van der Waals surface area contributed by atoms with Gasteiger partial charge in [0.1, 0.15) is 7.05 Å². The molecule has 5 aromatic rings. The highest BCUT2D eigenvalue weighted by Crippen LogP contribution is 2.52. The second-order valence-electron chi connectivity index (χ2n) is 12.4. The average Bonchev–Trinajstić information content (AvgIpc) is 3.32. The molecular formula is C39H37N2+. The molecule has 0 saturated heterocycles. The van der Waals surface area contributed by atoms with E-state index >= 15 is 0 Å². The zero-order valence-electron chi connectivity index (χ0n) is 24.6. The maximum absolute atomic E-state index is 2.43. The van der Waals surface area contributed by atoms with Crippen molar-refractivity contribution in [3.8, 4) is 0 Å². The molecule has 0 N–H and O–H groups in total. The molecule has 0 bridgehead atoms. The van der Waals surface area contributed by atoms with E-state index in [4.69, 9.17) is 0 Å². The van der Waals surface area contributed by atoms with Crippen molar-refractivity contribution in [2.75, 3.05) is 19.0 Å². The van der Waals surface area contributed by atoms with Gasteiger partial charge in [0.15, 0.2) is 5.71 Å². The molecule has 2 heteroatoms. The van der Waals surface area contributed by atoms with E-state index < -0.39 is 0 Å². The van der Waals surface area contributed by atoms with Crippen LogP contribution < -0.4 is 4.90 Å². The van der Waals surface area contributed by atoms with Crippen LogP contribution in [-0.2, 0) is 17.3 Å². The predicted molar refractivity (Wildman–Crippen MR) is 175 cm³/mol. The Morgan fingerprint density at radius 1 is 0.732 bits per heavy atom. The van der Waals surface area contributed by atoms with Crippen molar-refractivity contribution < 1.29 is 4.58 Å². The van der Waals surface area contributed by atoms with Gasteiger partial charge in [-0.25, -0.2) is 0 Å². The van der Waals surface area contributed by atoms with Crippen LogP contribution in [0.25, 0.3) is 21.5 Å².